The molecule has 0 amide bonds. The normalized spacial score (nSPS) is 30.4. The molecule has 2 heteroatoms. The zero-order chi connectivity index (χ0) is 15.2. The molecule has 0 spiro atoms. The molecule has 0 saturated heterocycles. The van der Waals surface area contributed by atoms with Crippen LogP contribution < -0.4 is 4.74 Å². The van der Waals surface area contributed by atoms with Crippen LogP contribution in [-0.2, 0) is 6.42 Å². The number of ether oxygens (including phenoxy) is 1. The van der Waals surface area contributed by atoms with E-state index in [1.807, 2.05) is 6.07 Å². The van der Waals surface area contributed by atoms with Crippen LogP contribution in [0.5, 0.6) is 11.5 Å². The van der Waals surface area contributed by atoms with E-state index in [9.17, 15) is 5.11 Å². The summed E-state index contributed by atoms with van der Waals surface area (Å²) in [6.45, 7) is 10.7. The van der Waals surface area contributed by atoms with Crippen LogP contribution in [0.2, 0.25) is 0 Å². The molecule has 2 nitrogen and oxygen atoms in total. The van der Waals surface area contributed by atoms with Gasteiger partial charge in [0.05, 0.1) is 0 Å². The number of aryl methyl sites for hydroxylation is 1. The average molecular weight is 286 g/mol. The highest BCUT2D eigenvalue weighted by Crippen LogP contribution is 2.55. The van der Waals surface area contributed by atoms with Crippen molar-refractivity contribution in [2.45, 2.75) is 64.4 Å². The lowest BCUT2D eigenvalue weighted by molar-refractivity contribution is 0.0408. The van der Waals surface area contributed by atoms with Crippen molar-refractivity contribution < 1.29 is 9.84 Å². The minimum absolute atomic E-state index is 0.122. The Hall–Kier alpha value is -1.44. The summed E-state index contributed by atoms with van der Waals surface area (Å²) in [6, 6.07) is 4.08. The van der Waals surface area contributed by atoms with E-state index in [4.69, 9.17) is 4.74 Å². The minimum Gasteiger partial charge on any atom is -0.508 e. The van der Waals surface area contributed by atoms with Gasteiger partial charge in [0.2, 0.25) is 0 Å². The fraction of sp³-hybridized carbons (Fsp3) is 0.579. The molecule has 0 radical (unpaired) electrons. The molecule has 114 valence electrons. The van der Waals surface area contributed by atoms with Gasteiger partial charge in [-0.3, -0.25) is 0 Å². The molecule has 21 heavy (non-hydrogen) atoms. The molecule has 2 heterocycles. The van der Waals surface area contributed by atoms with Gasteiger partial charge in [0, 0.05) is 5.56 Å². The van der Waals surface area contributed by atoms with Gasteiger partial charge >= 0.3 is 0 Å². The molecule has 1 aliphatic carbocycles. The van der Waals surface area contributed by atoms with E-state index in [0.29, 0.717) is 17.6 Å². The Balaban J connectivity index is 2.12. The maximum absolute atomic E-state index is 10.6. The third kappa shape index (κ3) is 2.45. The highest BCUT2D eigenvalue weighted by atomic mass is 16.5. The molecule has 0 aromatic heterocycles. The molecule has 1 aromatic carbocycles. The number of allylic oxidation sites excluding steroid dienone is 1. The maximum Gasteiger partial charge on any atom is 0.127 e. The molecule has 1 N–H and O–H groups in total. The molecule has 1 aromatic rings. The molecular weight excluding hydrogens is 260 g/mol. The number of phenols is 1. The van der Waals surface area contributed by atoms with Crippen molar-refractivity contribution in [2.24, 2.45) is 5.92 Å². The Kier molecular flexibility index (Phi) is 3.51. The lowest BCUT2D eigenvalue weighted by Gasteiger charge is -2.38. The number of rotatable bonds is 3. The Labute approximate surface area is 127 Å². The quantitative estimate of drug-likeness (QED) is 0.796. The predicted octanol–water partition coefficient (Wildman–Crippen LogP) is 4.96. The van der Waals surface area contributed by atoms with E-state index < -0.39 is 0 Å². The van der Waals surface area contributed by atoms with E-state index >= 15 is 0 Å². The summed E-state index contributed by atoms with van der Waals surface area (Å²) < 4.78 is 6.38. The van der Waals surface area contributed by atoms with Crippen molar-refractivity contribution >= 4 is 0 Å². The highest BCUT2D eigenvalue weighted by Gasteiger charge is 2.45. The van der Waals surface area contributed by atoms with E-state index in [2.05, 4.69) is 33.4 Å². The fourth-order valence-corrected chi connectivity index (χ4v) is 4.15. The number of hydrogen-bond donors (Lipinski definition) is 1. The van der Waals surface area contributed by atoms with Crippen molar-refractivity contribution in [1.29, 1.82) is 0 Å². The summed E-state index contributed by atoms with van der Waals surface area (Å²) >= 11 is 0. The Morgan fingerprint density at radius 3 is 2.90 bits per heavy atom. The zero-order valence-electron chi connectivity index (χ0n) is 13.4. The summed E-state index contributed by atoms with van der Waals surface area (Å²) in [5.41, 5.74) is 3.27. The number of benzene rings is 1. The average Bonchev–Trinajstić information content (AvgIpc) is 2.61. The summed E-state index contributed by atoms with van der Waals surface area (Å²) in [5, 5.41) is 10.6. The van der Waals surface area contributed by atoms with Gasteiger partial charge in [-0.15, -0.1) is 0 Å². The first-order valence-corrected chi connectivity index (χ1v) is 8.14. The summed E-state index contributed by atoms with van der Waals surface area (Å²) in [4.78, 5) is 0. The van der Waals surface area contributed by atoms with Gasteiger partial charge in [0.25, 0.3) is 0 Å². The second-order valence-corrected chi connectivity index (χ2v) is 7.13. The van der Waals surface area contributed by atoms with Gasteiger partial charge in [0.15, 0.2) is 0 Å². The van der Waals surface area contributed by atoms with Gasteiger partial charge in [-0.1, -0.05) is 25.5 Å². The SMILES string of the molecule is C=C(C)[C@@H]1C[C@@]2(C)CC[C@H]1c1c(O)cc(CCC)cc1O2. The maximum atomic E-state index is 10.6. The topological polar surface area (TPSA) is 29.5 Å². The molecule has 2 bridgehead atoms. The van der Waals surface area contributed by atoms with Gasteiger partial charge in [-0.25, -0.2) is 0 Å². The van der Waals surface area contributed by atoms with Crippen LogP contribution in [0.1, 0.15) is 63.5 Å². The van der Waals surface area contributed by atoms with Crippen LogP contribution in [0.4, 0.5) is 0 Å². The van der Waals surface area contributed by atoms with E-state index in [-0.39, 0.29) is 5.60 Å². The van der Waals surface area contributed by atoms with Gasteiger partial charge in [0.1, 0.15) is 17.1 Å². The van der Waals surface area contributed by atoms with Gasteiger partial charge < -0.3 is 9.84 Å². The third-order valence-corrected chi connectivity index (χ3v) is 5.20. The van der Waals surface area contributed by atoms with Crippen molar-refractivity contribution in [3.63, 3.8) is 0 Å². The number of fused-ring (bicyclic) bond motifs is 2. The monoisotopic (exact) mass is 286 g/mol. The number of aromatic hydroxyl groups is 1. The lowest BCUT2D eigenvalue weighted by Crippen LogP contribution is -2.38. The smallest absolute Gasteiger partial charge is 0.127 e. The molecule has 2 aliphatic heterocycles. The minimum atomic E-state index is -0.122. The summed E-state index contributed by atoms with van der Waals surface area (Å²) in [6.07, 6.45) is 5.19. The molecule has 3 atom stereocenters. The van der Waals surface area contributed by atoms with Crippen molar-refractivity contribution in [3.8, 4) is 11.5 Å². The van der Waals surface area contributed by atoms with Gasteiger partial charge in [-0.05, 0) is 69.1 Å². The van der Waals surface area contributed by atoms with Crippen molar-refractivity contribution in [3.05, 3.63) is 35.4 Å². The molecule has 0 unspecified atom stereocenters. The second-order valence-electron chi connectivity index (χ2n) is 7.13. The van der Waals surface area contributed by atoms with E-state index in [1.54, 1.807) is 0 Å². The molecule has 3 aliphatic rings. The van der Waals surface area contributed by atoms with Gasteiger partial charge in [-0.2, -0.15) is 0 Å². The first kappa shape index (κ1) is 14.5. The summed E-state index contributed by atoms with van der Waals surface area (Å²) in [5.74, 6) is 2.09. The van der Waals surface area contributed by atoms with Crippen molar-refractivity contribution in [1.82, 2.24) is 0 Å². The van der Waals surface area contributed by atoms with E-state index in [0.717, 1.165) is 43.4 Å². The summed E-state index contributed by atoms with van der Waals surface area (Å²) in [7, 11) is 0. The first-order chi connectivity index (χ1) is 9.93. The Bertz CT molecular complexity index is 575. The fourth-order valence-electron chi connectivity index (χ4n) is 4.15. The number of phenolic OH excluding ortho intramolecular Hbond substituents is 1. The predicted molar refractivity (Wildman–Crippen MR) is 86.0 cm³/mol. The molecule has 4 rings (SSSR count). The largest absolute Gasteiger partial charge is 0.508 e. The number of hydrogen-bond acceptors (Lipinski definition) is 2. The third-order valence-electron chi connectivity index (χ3n) is 5.20. The standard InChI is InChI=1S/C19H26O2/c1-5-6-13-9-16(20)18-14-7-8-19(4,21-17(18)10-13)11-15(14)12(2)3/h9-10,14-15,20H,2,5-8,11H2,1,3-4H3/t14-,15+,19-/m1/s1. The van der Waals surface area contributed by atoms with Crippen LogP contribution in [0.15, 0.2) is 24.3 Å². The van der Waals surface area contributed by atoms with Crippen LogP contribution in [0.25, 0.3) is 0 Å². The van der Waals surface area contributed by atoms with Crippen molar-refractivity contribution in [2.75, 3.05) is 0 Å². The Morgan fingerprint density at radius 2 is 2.24 bits per heavy atom. The van der Waals surface area contributed by atoms with Crippen LogP contribution >= 0.6 is 0 Å². The van der Waals surface area contributed by atoms with E-state index in [1.165, 1.54) is 11.1 Å². The first-order valence-electron chi connectivity index (χ1n) is 8.14. The van der Waals surface area contributed by atoms with Crippen LogP contribution in [0.3, 0.4) is 0 Å². The molecule has 1 saturated carbocycles. The zero-order valence-corrected chi connectivity index (χ0v) is 13.4. The van der Waals surface area contributed by atoms with Crippen LogP contribution in [-0.4, -0.2) is 10.7 Å². The Morgan fingerprint density at radius 1 is 1.48 bits per heavy atom. The highest BCUT2D eigenvalue weighted by molar-refractivity contribution is 5.52. The lowest BCUT2D eigenvalue weighted by atomic mass is 9.68. The molecule has 1 fully saturated rings. The molecular formula is C19H26O2. The second kappa shape index (κ2) is 5.08. The van der Waals surface area contributed by atoms with Crippen LogP contribution in [0, 0.1) is 5.92 Å².